The van der Waals surface area contributed by atoms with Gasteiger partial charge in [-0.2, -0.15) is 14.9 Å². The molecule has 134 valence electrons. The van der Waals surface area contributed by atoms with Gasteiger partial charge in [-0.3, -0.25) is 9.48 Å². The van der Waals surface area contributed by atoms with Crippen molar-refractivity contribution in [3.05, 3.63) is 46.7 Å². The van der Waals surface area contributed by atoms with Crippen molar-refractivity contribution >= 4 is 23.5 Å². The largest absolute Gasteiger partial charge is 0.309 e. The number of fused-ring (bicyclic) bond motifs is 1. The van der Waals surface area contributed by atoms with Crippen LogP contribution < -0.4 is 5.32 Å². The molecule has 8 nitrogen and oxygen atoms in total. The van der Waals surface area contributed by atoms with Crippen LogP contribution in [0.3, 0.4) is 0 Å². The van der Waals surface area contributed by atoms with E-state index in [2.05, 4.69) is 32.4 Å². The molecule has 0 unspecified atom stereocenters. The number of amides is 1. The molecule has 26 heavy (non-hydrogen) atoms. The van der Waals surface area contributed by atoms with E-state index < -0.39 is 0 Å². The fraction of sp³-hybridized carbons (Fsp3) is 0.353. The molecular weight excluding hydrogens is 350 g/mol. The lowest BCUT2D eigenvalue weighted by Crippen LogP contribution is -2.16. The molecule has 0 aromatic carbocycles. The molecule has 1 aliphatic heterocycles. The Bertz CT molecular complexity index is 992. The van der Waals surface area contributed by atoms with E-state index in [1.54, 1.807) is 34.9 Å². The Morgan fingerprint density at radius 1 is 1.12 bits per heavy atom. The highest BCUT2D eigenvalue weighted by atomic mass is 32.2. The highest BCUT2D eigenvalue weighted by molar-refractivity contribution is 8.00. The lowest BCUT2D eigenvalue weighted by molar-refractivity contribution is -0.113. The maximum Gasteiger partial charge on any atom is 0.252 e. The lowest BCUT2D eigenvalue weighted by Gasteiger charge is -2.15. The molecule has 0 bridgehead atoms. The number of rotatable bonds is 2. The summed E-state index contributed by atoms with van der Waals surface area (Å²) < 4.78 is 3.49. The third-order valence-corrected chi connectivity index (χ3v) is 5.81. The van der Waals surface area contributed by atoms with Crippen LogP contribution in [0.1, 0.15) is 33.5 Å². The van der Waals surface area contributed by atoms with E-state index >= 15 is 0 Å². The topological polar surface area (TPSA) is 90.5 Å². The zero-order chi connectivity index (χ0) is 18.4. The van der Waals surface area contributed by atoms with Crippen LogP contribution >= 0.6 is 11.8 Å². The smallest absolute Gasteiger partial charge is 0.252 e. The molecular formula is C17H19N7OS. The van der Waals surface area contributed by atoms with Crippen LogP contribution in [0.25, 0.3) is 5.95 Å². The Kier molecular flexibility index (Phi) is 4.03. The standard InChI is InChI=1S/C17H19N7OS/c1-9-13(11(3)23(4)21-9)15-14-10(2)22-24(17-18-6-5-7-19-17)16(14)20-12(25)8-26-15/h5-7,15H,8H2,1-4H3,(H,20,25)/t15-/m1/s1. The minimum absolute atomic E-state index is 0.0323. The summed E-state index contributed by atoms with van der Waals surface area (Å²) in [6, 6.07) is 1.75. The molecule has 1 N–H and O–H groups in total. The number of nitrogens with one attached hydrogen (secondary N) is 1. The van der Waals surface area contributed by atoms with Gasteiger partial charge in [0.1, 0.15) is 5.82 Å². The minimum Gasteiger partial charge on any atom is -0.309 e. The number of hydrogen-bond donors (Lipinski definition) is 1. The first kappa shape index (κ1) is 16.8. The normalized spacial score (nSPS) is 16.9. The van der Waals surface area contributed by atoms with Crippen LogP contribution in [-0.2, 0) is 11.8 Å². The van der Waals surface area contributed by atoms with Crippen LogP contribution in [0.15, 0.2) is 18.5 Å². The first-order valence-electron chi connectivity index (χ1n) is 8.25. The van der Waals surface area contributed by atoms with Gasteiger partial charge in [0.25, 0.3) is 5.95 Å². The second-order valence-corrected chi connectivity index (χ2v) is 7.35. The summed E-state index contributed by atoms with van der Waals surface area (Å²) >= 11 is 1.59. The third kappa shape index (κ3) is 2.59. The summed E-state index contributed by atoms with van der Waals surface area (Å²) in [5, 5.41) is 12.1. The van der Waals surface area contributed by atoms with Gasteiger partial charge in [0, 0.05) is 36.3 Å². The SMILES string of the molecule is Cc1nn(C)c(C)c1[C@H]1SCC(=O)Nc2c1c(C)nn2-c1ncccn1. The van der Waals surface area contributed by atoms with Crippen molar-refractivity contribution in [3.8, 4) is 5.95 Å². The molecule has 1 atom stereocenters. The maximum absolute atomic E-state index is 12.4. The van der Waals surface area contributed by atoms with Gasteiger partial charge in [0.15, 0.2) is 0 Å². The molecule has 3 aromatic heterocycles. The number of aromatic nitrogens is 6. The Balaban J connectivity index is 1.94. The van der Waals surface area contributed by atoms with Gasteiger partial charge in [-0.1, -0.05) is 0 Å². The summed E-state index contributed by atoms with van der Waals surface area (Å²) in [5.74, 6) is 1.37. The monoisotopic (exact) mass is 369 g/mol. The van der Waals surface area contributed by atoms with Crippen molar-refractivity contribution in [1.29, 1.82) is 0 Å². The van der Waals surface area contributed by atoms with E-state index in [1.165, 1.54) is 0 Å². The van der Waals surface area contributed by atoms with Crippen LogP contribution in [-0.4, -0.2) is 41.2 Å². The lowest BCUT2D eigenvalue weighted by atomic mass is 10.0. The molecule has 1 amide bonds. The average molecular weight is 369 g/mol. The van der Waals surface area contributed by atoms with Crippen molar-refractivity contribution in [2.45, 2.75) is 26.0 Å². The second kappa shape index (κ2) is 6.24. The van der Waals surface area contributed by atoms with E-state index in [-0.39, 0.29) is 11.2 Å². The number of aryl methyl sites for hydroxylation is 3. The highest BCUT2D eigenvalue weighted by Gasteiger charge is 2.33. The molecule has 0 saturated heterocycles. The highest BCUT2D eigenvalue weighted by Crippen LogP contribution is 2.45. The summed E-state index contributed by atoms with van der Waals surface area (Å²) in [6.45, 7) is 6.00. The van der Waals surface area contributed by atoms with Gasteiger partial charge in [-0.15, -0.1) is 11.8 Å². The van der Waals surface area contributed by atoms with E-state index in [9.17, 15) is 4.79 Å². The van der Waals surface area contributed by atoms with Gasteiger partial charge in [-0.25, -0.2) is 9.97 Å². The number of carbonyl (C=O) groups excluding carboxylic acids is 1. The zero-order valence-electron chi connectivity index (χ0n) is 15.0. The molecule has 0 saturated carbocycles. The number of carbonyl (C=O) groups is 1. The number of thioether (sulfide) groups is 1. The number of anilines is 1. The van der Waals surface area contributed by atoms with Gasteiger partial charge < -0.3 is 5.32 Å². The molecule has 3 aromatic rings. The molecule has 0 fully saturated rings. The van der Waals surface area contributed by atoms with E-state index in [4.69, 9.17) is 0 Å². The first-order chi connectivity index (χ1) is 12.5. The Morgan fingerprint density at radius 3 is 2.46 bits per heavy atom. The molecule has 0 spiro atoms. The second-order valence-electron chi connectivity index (χ2n) is 6.26. The zero-order valence-corrected chi connectivity index (χ0v) is 15.8. The average Bonchev–Trinajstić information content (AvgIpc) is 2.99. The summed E-state index contributed by atoms with van der Waals surface area (Å²) in [7, 11) is 1.94. The van der Waals surface area contributed by atoms with Gasteiger partial charge in [0.05, 0.1) is 22.4 Å². The van der Waals surface area contributed by atoms with Gasteiger partial charge in [-0.05, 0) is 26.8 Å². The van der Waals surface area contributed by atoms with E-state index in [0.29, 0.717) is 17.5 Å². The quantitative estimate of drug-likeness (QED) is 0.744. The van der Waals surface area contributed by atoms with Crippen molar-refractivity contribution in [1.82, 2.24) is 29.5 Å². The summed E-state index contributed by atoms with van der Waals surface area (Å²) in [6.07, 6.45) is 3.32. The third-order valence-electron chi connectivity index (χ3n) is 4.58. The molecule has 1 aliphatic rings. The molecule has 0 aliphatic carbocycles. The Morgan fingerprint density at radius 2 is 1.81 bits per heavy atom. The Hall–Kier alpha value is -2.68. The van der Waals surface area contributed by atoms with Crippen molar-refractivity contribution in [3.63, 3.8) is 0 Å². The molecule has 9 heteroatoms. The van der Waals surface area contributed by atoms with Crippen LogP contribution in [0.2, 0.25) is 0 Å². The number of hydrogen-bond acceptors (Lipinski definition) is 6. The number of nitrogens with zero attached hydrogens (tertiary/aromatic N) is 6. The maximum atomic E-state index is 12.4. The van der Waals surface area contributed by atoms with E-state index in [1.807, 2.05) is 25.6 Å². The fourth-order valence-electron chi connectivity index (χ4n) is 3.33. The van der Waals surface area contributed by atoms with Crippen LogP contribution in [0.4, 0.5) is 5.82 Å². The fourth-order valence-corrected chi connectivity index (χ4v) is 4.67. The van der Waals surface area contributed by atoms with Gasteiger partial charge >= 0.3 is 0 Å². The van der Waals surface area contributed by atoms with Crippen LogP contribution in [0, 0.1) is 20.8 Å². The predicted octanol–water partition coefficient (Wildman–Crippen LogP) is 2.10. The molecule has 0 radical (unpaired) electrons. The molecule has 4 rings (SSSR count). The van der Waals surface area contributed by atoms with Crippen molar-refractivity contribution < 1.29 is 4.79 Å². The minimum atomic E-state index is -0.0602. The van der Waals surface area contributed by atoms with Gasteiger partial charge in [0.2, 0.25) is 5.91 Å². The van der Waals surface area contributed by atoms with Crippen LogP contribution in [0.5, 0.6) is 0 Å². The van der Waals surface area contributed by atoms with E-state index in [0.717, 1.165) is 28.2 Å². The van der Waals surface area contributed by atoms with Crippen molar-refractivity contribution in [2.24, 2.45) is 7.05 Å². The molecule has 4 heterocycles. The predicted molar refractivity (Wildman–Crippen MR) is 99.5 cm³/mol. The summed E-state index contributed by atoms with van der Waals surface area (Å²) in [5.41, 5.74) is 5.00. The van der Waals surface area contributed by atoms with Crippen molar-refractivity contribution in [2.75, 3.05) is 11.1 Å². The summed E-state index contributed by atoms with van der Waals surface area (Å²) in [4.78, 5) is 20.9. The first-order valence-corrected chi connectivity index (χ1v) is 9.30. The Labute approximate surface area is 155 Å².